The third-order valence-corrected chi connectivity index (χ3v) is 9.66. The highest BCUT2D eigenvalue weighted by molar-refractivity contribution is 5.88. The van der Waals surface area contributed by atoms with E-state index in [0.29, 0.717) is 18.1 Å². The number of carboxylic acid groups (broad SMARTS) is 1. The molecule has 6 atom stereocenters. The molecule has 2 saturated carbocycles. The maximum absolute atomic E-state index is 14.0. The van der Waals surface area contributed by atoms with Crippen molar-refractivity contribution in [2.45, 2.75) is 111 Å². The zero-order valence-electron chi connectivity index (χ0n) is 28.2. The number of Topliss-reactive ketones (excluding diaryl/α,β-unsaturated/α-hetero) is 1. The van der Waals surface area contributed by atoms with Crippen molar-refractivity contribution in [3.63, 3.8) is 0 Å². The highest BCUT2D eigenvalue weighted by Gasteiger charge is 2.54. The summed E-state index contributed by atoms with van der Waals surface area (Å²) < 4.78 is 16.2. The molecule has 0 heterocycles. The molecule has 2 aliphatic carbocycles. The number of aliphatic carboxylic acids is 1. The lowest BCUT2D eigenvalue weighted by Gasteiger charge is -2.41. The van der Waals surface area contributed by atoms with Gasteiger partial charge in [-0.15, -0.1) is 0 Å². The van der Waals surface area contributed by atoms with Gasteiger partial charge in [0.1, 0.15) is 17.1 Å². The Kier molecular flexibility index (Phi) is 11.2. The molecule has 2 bridgehead atoms. The van der Waals surface area contributed by atoms with Gasteiger partial charge in [-0.3, -0.25) is 24.0 Å². The van der Waals surface area contributed by atoms with E-state index in [4.69, 9.17) is 19.9 Å². The number of fused-ring (bicyclic) bond motifs is 2. The smallest absolute Gasteiger partial charge is 0.326 e. The number of nitrogens with two attached hydrogens (primary N) is 1. The summed E-state index contributed by atoms with van der Waals surface area (Å²) in [6, 6.07) is 8.47. The van der Waals surface area contributed by atoms with Crippen LogP contribution in [0.2, 0.25) is 0 Å². The third-order valence-electron chi connectivity index (χ3n) is 9.66. The fourth-order valence-electron chi connectivity index (χ4n) is 7.54. The largest absolute Gasteiger partial charge is 0.481 e. The molecule has 0 saturated heterocycles. The van der Waals surface area contributed by atoms with Crippen LogP contribution in [-0.4, -0.2) is 57.8 Å². The Morgan fingerprint density at radius 1 is 0.978 bits per heavy atom. The molecule has 0 amide bonds. The first-order chi connectivity index (χ1) is 21.1. The minimum absolute atomic E-state index is 0.0590. The van der Waals surface area contributed by atoms with E-state index in [0.717, 1.165) is 19.3 Å². The molecule has 256 valence electrons. The predicted molar refractivity (Wildman–Crippen MR) is 168 cm³/mol. The monoisotopic (exact) mass is 645 g/mol. The zero-order chi connectivity index (χ0) is 34.7. The van der Waals surface area contributed by atoms with Crippen molar-refractivity contribution < 1.29 is 48.4 Å². The SMILES string of the molecule is CC(CC(C)(CC(C)(CC(C)(C)C(=O)Oc1ccccc1)C(=O)CCOC(=O)C1(N)CC2CCC1C2)C(=O)O)C(=O)OC(C)(C)O. The standard InChI is InChI=1S/C35H51NO10/c1-22(27(38)46-32(4,5)43)18-33(6,28(39)40)21-34(7,20-31(2,3)29(41)45-25-11-9-8-10-12-25)26(37)15-16-44-30(42)35(36)19-23-13-14-24(35)17-23/h8-12,22-24,43H,13-21,36H2,1-7H3,(H,39,40). The Balaban J connectivity index is 1.83. The molecule has 3 rings (SSSR count). The molecule has 11 nitrogen and oxygen atoms in total. The Hall–Kier alpha value is -3.31. The van der Waals surface area contributed by atoms with E-state index < -0.39 is 63.1 Å². The molecule has 1 aromatic carbocycles. The van der Waals surface area contributed by atoms with Gasteiger partial charge in [0.05, 0.1) is 23.4 Å². The van der Waals surface area contributed by atoms with Gasteiger partial charge in [0, 0.05) is 25.7 Å². The van der Waals surface area contributed by atoms with Crippen LogP contribution >= 0.6 is 0 Å². The third kappa shape index (κ3) is 8.94. The van der Waals surface area contributed by atoms with Crippen molar-refractivity contribution in [3.05, 3.63) is 30.3 Å². The predicted octanol–water partition coefficient (Wildman–Crippen LogP) is 4.81. The summed E-state index contributed by atoms with van der Waals surface area (Å²) in [6.07, 6.45) is 2.62. The normalized spacial score (nSPS) is 24.3. The Labute approximate surface area is 271 Å². The highest BCUT2D eigenvalue weighted by atomic mass is 16.7. The van der Waals surface area contributed by atoms with Crippen LogP contribution in [0.5, 0.6) is 5.75 Å². The lowest BCUT2D eigenvalue weighted by molar-refractivity contribution is -0.200. The molecule has 11 heteroatoms. The lowest BCUT2D eigenvalue weighted by Crippen LogP contribution is -2.53. The minimum atomic E-state index is -1.75. The summed E-state index contributed by atoms with van der Waals surface area (Å²) in [4.78, 5) is 65.9. The van der Waals surface area contributed by atoms with Gasteiger partial charge in [-0.1, -0.05) is 38.5 Å². The zero-order valence-corrected chi connectivity index (χ0v) is 28.2. The van der Waals surface area contributed by atoms with Crippen molar-refractivity contribution in [1.82, 2.24) is 0 Å². The number of ketones is 1. The number of esters is 3. The van der Waals surface area contributed by atoms with Gasteiger partial charge in [-0.25, -0.2) is 0 Å². The van der Waals surface area contributed by atoms with Crippen molar-refractivity contribution in [3.8, 4) is 5.75 Å². The minimum Gasteiger partial charge on any atom is -0.481 e. The number of carbonyl (C=O) groups excluding carboxylic acids is 4. The van der Waals surface area contributed by atoms with E-state index >= 15 is 0 Å². The van der Waals surface area contributed by atoms with Crippen LogP contribution in [0.15, 0.2) is 30.3 Å². The van der Waals surface area contributed by atoms with Gasteiger partial charge in [-0.05, 0) is 83.3 Å². The summed E-state index contributed by atoms with van der Waals surface area (Å²) in [5.41, 5.74) is 1.11. The quantitative estimate of drug-likeness (QED) is 0.128. The number of rotatable bonds is 16. The number of aliphatic hydroxyl groups is 1. The number of carboxylic acids is 1. The molecule has 2 fully saturated rings. The van der Waals surface area contributed by atoms with E-state index in [1.807, 2.05) is 0 Å². The molecule has 4 N–H and O–H groups in total. The molecule has 2 aliphatic rings. The van der Waals surface area contributed by atoms with Crippen LogP contribution in [0, 0.1) is 34.0 Å². The topological polar surface area (TPSA) is 180 Å². The van der Waals surface area contributed by atoms with Crippen LogP contribution in [-0.2, 0) is 33.4 Å². The van der Waals surface area contributed by atoms with Crippen LogP contribution in [0.3, 0.4) is 0 Å². The molecule has 0 aliphatic heterocycles. The molecular formula is C35H51NO10. The van der Waals surface area contributed by atoms with Crippen molar-refractivity contribution in [1.29, 1.82) is 0 Å². The first kappa shape index (κ1) is 37.2. The fourth-order valence-corrected chi connectivity index (χ4v) is 7.54. The van der Waals surface area contributed by atoms with Crippen molar-refractivity contribution in [2.24, 2.45) is 39.7 Å². The fraction of sp³-hybridized carbons (Fsp3) is 0.686. The number of carbonyl (C=O) groups is 5. The number of ether oxygens (including phenoxy) is 3. The van der Waals surface area contributed by atoms with Crippen LogP contribution in [0.4, 0.5) is 0 Å². The molecule has 6 unspecified atom stereocenters. The van der Waals surface area contributed by atoms with Gasteiger partial charge in [-0.2, -0.15) is 0 Å². The van der Waals surface area contributed by atoms with Gasteiger partial charge in [0.15, 0.2) is 0 Å². The first-order valence-corrected chi connectivity index (χ1v) is 16.1. The van der Waals surface area contributed by atoms with Crippen LogP contribution in [0.1, 0.15) is 99.8 Å². The van der Waals surface area contributed by atoms with Crippen LogP contribution in [0.25, 0.3) is 0 Å². The van der Waals surface area contributed by atoms with E-state index in [1.54, 1.807) is 51.1 Å². The molecular weight excluding hydrogens is 594 g/mol. The maximum Gasteiger partial charge on any atom is 0.326 e. The Bertz CT molecular complexity index is 1300. The first-order valence-electron chi connectivity index (χ1n) is 16.1. The second kappa shape index (κ2) is 13.8. The van der Waals surface area contributed by atoms with Gasteiger partial charge < -0.3 is 30.2 Å². The van der Waals surface area contributed by atoms with Gasteiger partial charge in [0.25, 0.3) is 0 Å². The number of para-hydroxylation sites is 1. The van der Waals surface area contributed by atoms with Crippen LogP contribution < -0.4 is 10.5 Å². The van der Waals surface area contributed by atoms with E-state index in [1.165, 1.54) is 27.7 Å². The Morgan fingerprint density at radius 2 is 1.61 bits per heavy atom. The highest BCUT2D eigenvalue weighted by Crippen LogP contribution is 2.50. The Morgan fingerprint density at radius 3 is 2.13 bits per heavy atom. The van der Waals surface area contributed by atoms with Gasteiger partial charge >= 0.3 is 23.9 Å². The number of hydrogen-bond acceptors (Lipinski definition) is 10. The summed E-state index contributed by atoms with van der Waals surface area (Å²) in [5, 5.41) is 20.3. The van der Waals surface area contributed by atoms with E-state index in [2.05, 4.69) is 0 Å². The molecule has 0 aromatic heterocycles. The second-order valence-electron chi connectivity index (χ2n) is 15.3. The molecule has 46 heavy (non-hydrogen) atoms. The summed E-state index contributed by atoms with van der Waals surface area (Å²) in [6.45, 7) is 10.1. The van der Waals surface area contributed by atoms with Crippen molar-refractivity contribution in [2.75, 3.05) is 6.61 Å². The second-order valence-corrected chi connectivity index (χ2v) is 15.3. The number of benzene rings is 1. The average molecular weight is 646 g/mol. The van der Waals surface area contributed by atoms with Crippen molar-refractivity contribution >= 4 is 29.7 Å². The van der Waals surface area contributed by atoms with E-state index in [9.17, 15) is 34.2 Å². The average Bonchev–Trinajstić information content (AvgIpc) is 3.53. The molecule has 0 spiro atoms. The summed E-state index contributed by atoms with van der Waals surface area (Å²) in [7, 11) is 0. The molecule has 1 aromatic rings. The van der Waals surface area contributed by atoms with Gasteiger partial charge in [0.2, 0.25) is 5.79 Å². The summed E-state index contributed by atoms with van der Waals surface area (Å²) >= 11 is 0. The van der Waals surface area contributed by atoms with E-state index in [-0.39, 0.29) is 38.2 Å². The number of hydrogen-bond donors (Lipinski definition) is 3. The summed E-state index contributed by atoms with van der Waals surface area (Å²) in [5.74, 6) is -5.48. The lowest BCUT2D eigenvalue weighted by atomic mass is 9.62. The molecule has 0 radical (unpaired) electrons. The maximum atomic E-state index is 14.0.